The van der Waals surface area contributed by atoms with Crippen molar-refractivity contribution in [1.29, 1.82) is 0 Å². The van der Waals surface area contributed by atoms with E-state index >= 15 is 0 Å². The normalized spacial score (nSPS) is 12.0. The molecular formula is C27H29FN4O2. The van der Waals surface area contributed by atoms with Crippen LogP contribution in [0.5, 0.6) is 6.01 Å². The van der Waals surface area contributed by atoms with Gasteiger partial charge in [-0.25, -0.2) is 9.07 Å². The molecule has 0 radical (unpaired) electrons. The van der Waals surface area contributed by atoms with Gasteiger partial charge in [0.25, 0.3) is 0 Å². The molecule has 6 nitrogen and oxygen atoms in total. The third kappa shape index (κ3) is 6.20. The fraction of sp³-hybridized carbons (Fsp3) is 0.259. The molecule has 1 heterocycles. The summed E-state index contributed by atoms with van der Waals surface area (Å²) in [6, 6.07) is 24.0. The molecule has 0 saturated carbocycles. The van der Waals surface area contributed by atoms with Crippen molar-refractivity contribution in [1.82, 2.24) is 14.8 Å². The van der Waals surface area contributed by atoms with E-state index in [-0.39, 0.29) is 11.8 Å². The van der Waals surface area contributed by atoms with Gasteiger partial charge in [-0.15, -0.1) is 5.10 Å². The van der Waals surface area contributed by atoms with E-state index in [1.807, 2.05) is 68.4 Å². The fourth-order valence-electron chi connectivity index (χ4n) is 3.53. The summed E-state index contributed by atoms with van der Waals surface area (Å²) in [4.78, 5) is 4.52. The lowest BCUT2D eigenvalue weighted by Gasteiger charge is -2.14. The Hall–Kier alpha value is -3.71. The molecule has 4 rings (SSSR count). The average Bonchev–Trinajstić information content (AvgIpc) is 3.27. The average molecular weight is 461 g/mol. The maximum Gasteiger partial charge on any atom is 0.336 e. The minimum atomic E-state index is -0.531. The number of aliphatic hydroxyl groups excluding tert-OH is 1. The second-order valence-electron chi connectivity index (χ2n) is 8.62. The lowest BCUT2D eigenvalue weighted by molar-refractivity contribution is 0.188. The van der Waals surface area contributed by atoms with Crippen molar-refractivity contribution in [3.63, 3.8) is 0 Å². The number of hydrogen-bond donors (Lipinski definition) is 2. The lowest BCUT2D eigenvalue weighted by Crippen LogP contribution is -2.21. The Morgan fingerprint density at radius 1 is 1.00 bits per heavy atom. The van der Waals surface area contributed by atoms with Crippen LogP contribution in [0.15, 0.2) is 78.9 Å². The van der Waals surface area contributed by atoms with E-state index in [0.29, 0.717) is 36.9 Å². The molecule has 1 unspecified atom stereocenters. The largest absolute Gasteiger partial charge is 0.462 e. The van der Waals surface area contributed by atoms with Crippen molar-refractivity contribution in [3.8, 4) is 23.1 Å². The summed E-state index contributed by atoms with van der Waals surface area (Å²) in [7, 11) is 0. The topological polar surface area (TPSA) is 72.2 Å². The van der Waals surface area contributed by atoms with Crippen LogP contribution in [0.2, 0.25) is 0 Å². The Bertz CT molecular complexity index is 1210. The highest BCUT2D eigenvalue weighted by atomic mass is 19.1. The predicted molar refractivity (Wildman–Crippen MR) is 132 cm³/mol. The zero-order chi connectivity index (χ0) is 23.9. The van der Waals surface area contributed by atoms with Crippen LogP contribution in [-0.2, 0) is 6.42 Å². The smallest absolute Gasteiger partial charge is 0.336 e. The van der Waals surface area contributed by atoms with Gasteiger partial charge in [-0.1, -0.05) is 62.4 Å². The third-order valence-corrected chi connectivity index (χ3v) is 5.16. The SMILES string of the molecule is CC(C)COc1nc(-c2cccc(F)c2)n(-c2cccc(NCC(O)Cc3ccccc3)c2)n1. The molecule has 0 aliphatic heterocycles. The van der Waals surface area contributed by atoms with Gasteiger partial charge in [0.15, 0.2) is 5.82 Å². The van der Waals surface area contributed by atoms with E-state index in [1.165, 1.54) is 12.1 Å². The van der Waals surface area contributed by atoms with Crippen molar-refractivity contribution in [2.45, 2.75) is 26.4 Å². The number of aliphatic hydroxyl groups is 1. The lowest BCUT2D eigenvalue weighted by atomic mass is 10.1. The van der Waals surface area contributed by atoms with Crippen molar-refractivity contribution < 1.29 is 14.2 Å². The standard InChI is InChI=1S/C27H29FN4O2/c1-19(2)18-34-27-30-26(21-10-6-11-22(28)15-21)32(31-27)24-13-7-12-23(16-24)29-17-25(33)14-20-8-4-3-5-9-20/h3-13,15-16,19,25,29,33H,14,17-18H2,1-2H3. The molecule has 0 fully saturated rings. The minimum Gasteiger partial charge on any atom is -0.462 e. The monoisotopic (exact) mass is 460 g/mol. The zero-order valence-electron chi connectivity index (χ0n) is 19.4. The number of rotatable bonds is 10. The number of aromatic nitrogens is 3. The first kappa shape index (κ1) is 23.4. The summed E-state index contributed by atoms with van der Waals surface area (Å²) >= 11 is 0. The van der Waals surface area contributed by atoms with Crippen LogP contribution in [0, 0.1) is 11.7 Å². The molecule has 0 amide bonds. The van der Waals surface area contributed by atoms with Crippen molar-refractivity contribution in [2.24, 2.45) is 5.92 Å². The van der Waals surface area contributed by atoms with Crippen molar-refractivity contribution in [2.75, 3.05) is 18.5 Å². The Labute approximate surface area is 199 Å². The number of benzene rings is 3. The molecule has 0 aliphatic rings. The van der Waals surface area contributed by atoms with Crippen molar-refractivity contribution >= 4 is 5.69 Å². The quantitative estimate of drug-likeness (QED) is 0.344. The molecular weight excluding hydrogens is 431 g/mol. The highest BCUT2D eigenvalue weighted by molar-refractivity contribution is 5.60. The van der Waals surface area contributed by atoms with Gasteiger partial charge >= 0.3 is 6.01 Å². The molecule has 0 spiro atoms. The Balaban J connectivity index is 1.55. The highest BCUT2D eigenvalue weighted by Gasteiger charge is 2.16. The molecule has 176 valence electrons. The van der Waals surface area contributed by atoms with Gasteiger partial charge in [0, 0.05) is 24.2 Å². The van der Waals surface area contributed by atoms with E-state index < -0.39 is 6.10 Å². The molecule has 34 heavy (non-hydrogen) atoms. The maximum absolute atomic E-state index is 13.9. The number of ether oxygens (including phenoxy) is 1. The summed E-state index contributed by atoms with van der Waals surface area (Å²) in [5.41, 5.74) is 3.26. The van der Waals surface area contributed by atoms with E-state index in [0.717, 1.165) is 16.9 Å². The second-order valence-corrected chi connectivity index (χ2v) is 8.62. The molecule has 7 heteroatoms. The molecule has 0 saturated heterocycles. The number of nitrogens with zero attached hydrogens (tertiary/aromatic N) is 3. The van der Waals surface area contributed by atoms with Gasteiger partial charge in [0.1, 0.15) is 5.82 Å². The van der Waals surface area contributed by atoms with Gasteiger partial charge in [-0.3, -0.25) is 0 Å². The van der Waals surface area contributed by atoms with Gasteiger partial charge in [-0.05, 0) is 41.8 Å². The van der Waals surface area contributed by atoms with Crippen LogP contribution in [0.4, 0.5) is 10.1 Å². The van der Waals surface area contributed by atoms with E-state index in [1.54, 1.807) is 16.8 Å². The summed E-state index contributed by atoms with van der Waals surface area (Å²) in [5.74, 6) is 0.457. The van der Waals surface area contributed by atoms with Crippen LogP contribution in [0.1, 0.15) is 19.4 Å². The first-order chi connectivity index (χ1) is 16.5. The number of halogens is 1. The molecule has 0 aliphatic carbocycles. The third-order valence-electron chi connectivity index (χ3n) is 5.16. The van der Waals surface area contributed by atoms with Gasteiger partial charge in [0.2, 0.25) is 0 Å². The first-order valence-electron chi connectivity index (χ1n) is 11.4. The molecule has 4 aromatic rings. The fourth-order valence-corrected chi connectivity index (χ4v) is 3.53. The summed E-state index contributed by atoms with van der Waals surface area (Å²) < 4.78 is 21.3. The van der Waals surface area contributed by atoms with E-state index in [9.17, 15) is 9.50 Å². The van der Waals surface area contributed by atoms with Crippen LogP contribution in [0.3, 0.4) is 0 Å². The predicted octanol–water partition coefficient (Wildman–Crippen LogP) is 5.12. The molecule has 1 atom stereocenters. The maximum atomic E-state index is 13.9. The summed E-state index contributed by atoms with van der Waals surface area (Å²) in [6.45, 7) is 4.97. The van der Waals surface area contributed by atoms with E-state index in [4.69, 9.17) is 4.74 Å². The van der Waals surface area contributed by atoms with Crippen LogP contribution in [-0.4, -0.2) is 39.1 Å². The number of nitrogens with one attached hydrogen (secondary N) is 1. The molecule has 0 bridgehead atoms. The first-order valence-corrected chi connectivity index (χ1v) is 11.4. The Morgan fingerprint density at radius 3 is 2.56 bits per heavy atom. The van der Waals surface area contributed by atoms with Crippen molar-refractivity contribution in [3.05, 3.63) is 90.2 Å². The van der Waals surface area contributed by atoms with Crippen LogP contribution in [0.25, 0.3) is 17.1 Å². The van der Waals surface area contributed by atoms with Crippen LogP contribution >= 0.6 is 0 Å². The van der Waals surface area contributed by atoms with Gasteiger partial charge < -0.3 is 15.2 Å². The Morgan fingerprint density at radius 2 is 1.79 bits per heavy atom. The number of anilines is 1. The van der Waals surface area contributed by atoms with E-state index in [2.05, 4.69) is 15.4 Å². The minimum absolute atomic E-state index is 0.240. The van der Waals surface area contributed by atoms with Crippen LogP contribution < -0.4 is 10.1 Å². The summed E-state index contributed by atoms with van der Waals surface area (Å²) in [5, 5.41) is 18.3. The molecule has 1 aromatic heterocycles. The number of hydrogen-bond acceptors (Lipinski definition) is 5. The van der Waals surface area contributed by atoms with Gasteiger partial charge in [-0.2, -0.15) is 4.98 Å². The molecule has 2 N–H and O–H groups in total. The molecule has 3 aromatic carbocycles. The second kappa shape index (κ2) is 10.9. The Kier molecular flexibility index (Phi) is 7.54. The zero-order valence-corrected chi connectivity index (χ0v) is 19.4. The highest BCUT2D eigenvalue weighted by Crippen LogP contribution is 2.26. The van der Waals surface area contributed by atoms with Gasteiger partial charge in [0.05, 0.1) is 18.4 Å². The summed E-state index contributed by atoms with van der Waals surface area (Å²) in [6.07, 6.45) is 0.0352.